The summed E-state index contributed by atoms with van der Waals surface area (Å²) in [4.78, 5) is 18.9. The van der Waals surface area contributed by atoms with Gasteiger partial charge in [-0.05, 0) is 29.5 Å². The maximum absolute atomic E-state index is 13.5. The summed E-state index contributed by atoms with van der Waals surface area (Å²) < 4.78 is 61.3. The Balaban J connectivity index is 1.37. The molecule has 0 aromatic carbocycles. The standard InChI is InChI=1S/C20H25F2N5O5S/c1-25-18-16(27(33(25,29)30)10-12-9-20(12,21)22)4-3-14(23-18)13-5-7-26(11-17(13)31-2)19(28)15-6-8-32-24-15/h3-4,6,8,12-13,17,29-30H,5,7,9-11H2,1-2H3. The molecular formula is C20H25F2N5O5S. The van der Waals surface area contributed by atoms with E-state index in [0.29, 0.717) is 36.7 Å². The monoisotopic (exact) mass is 485 g/mol. The average Bonchev–Trinajstić information content (AvgIpc) is 3.13. The van der Waals surface area contributed by atoms with Gasteiger partial charge in [0.1, 0.15) is 12.0 Å². The highest BCUT2D eigenvalue weighted by Gasteiger charge is 2.59. The summed E-state index contributed by atoms with van der Waals surface area (Å²) in [6.45, 7) is 0.638. The lowest BCUT2D eigenvalue weighted by molar-refractivity contribution is 0.0131. The Morgan fingerprint density at radius 1 is 1.36 bits per heavy atom. The number of alkyl halides is 2. The minimum absolute atomic E-state index is 0.140. The third-order valence-electron chi connectivity index (χ3n) is 6.63. The quantitative estimate of drug-likeness (QED) is 0.659. The number of amides is 1. The summed E-state index contributed by atoms with van der Waals surface area (Å²) in [7, 11) is -0.417. The second-order valence-electron chi connectivity index (χ2n) is 8.59. The minimum atomic E-state index is -3.47. The van der Waals surface area contributed by atoms with Gasteiger partial charge in [0, 0.05) is 63.8 Å². The largest absolute Gasteiger partial charge is 0.379 e. The highest BCUT2D eigenvalue weighted by atomic mass is 32.3. The highest BCUT2D eigenvalue weighted by molar-refractivity contribution is 8.26. The molecule has 10 nitrogen and oxygen atoms in total. The minimum Gasteiger partial charge on any atom is -0.379 e. The van der Waals surface area contributed by atoms with Gasteiger partial charge in [0.15, 0.2) is 11.5 Å². The van der Waals surface area contributed by atoms with Crippen molar-refractivity contribution in [1.29, 1.82) is 0 Å². The van der Waals surface area contributed by atoms with Gasteiger partial charge in [-0.1, -0.05) is 5.16 Å². The van der Waals surface area contributed by atoms with Gasteiger partial charge < -0.3 is 14.2 Å². The van der Waals surface area contributed by atoms with E-state index in [2.05, 4.69) is 10.1 Å². The van der Waals surface area contributed by atoms with E-state index in [1.807, 2.05) is 0 Å². The number of halogens is 2. The van der Waals surface area contributed by atoms with Gasteiger partial charge in [-0.3, -0.25) is 13.9 Å². The third kappa shape index (κ3) is 3.72. The number of rotatable bonds is 5. The van der Waals surface area contributed by atoms with Crippen molar-refractivity contribution in [3.8, 4) is 0 Å². The molecule has 1 aliphatic carbocycles. The molecule has 2 aliphatic heterocycles. The number of hydrogen-bond donors (Lipinski definition) is 2. The van der Waals surface area contributed by atoms with Gasteiger partial charge in [0.2, 0.25) is 0 Å². The first-order valence-electron chi connectivity index (χ1n) is 10.5. The van der Waals surface area contributed by atoms with Crippen molar-refractivity contribution < 1.29 is 31.9 Å². The maximum Gasteiger partial charge on any atom is 0.276 e. The van der Waals surface area contributed by atoms with E-state index >= 15 is 0 Å². The topological polar surface area (TPSA) is 115 Å². The zero-order valence-electron chi connectivity index (χ0n) is 18.1. The first-order chi connectivity index (χ1) is 15.6. The number of carbonyl (C=O) groups is 1. The number of aromatic nitrogens is 2. The van der Waals surface area contributed by atoms with Crippen molar-refractivity contribution in [3.63, 3.8) is 0 Å². The number of hydrogen-bond acceptors (Lipinski definition) is 9. The van der Waals surface area contributed by atoms with E-state index in [-0.39, 0.29) is 36.6 Å². The first-order valence-corrected chi connectivity index (χ1v) is 12.0. The zero-order chi connectivity index (χ0) is 23.5. The number of carbonyl (C=O) groups excluding carboxylic acids is 1. The lowest BCUT2D eigenvalue weighted by Gasteiger charge is -2.41. The molecule has 3 atom stereocenters. The Morgan fingerprint density at radius 3 is 2.76 bits per heavy atom. The van der Waals surface area contributed by atoms with E-state index in [4.69, 9.17) is 9.26 Å². The Morgan fingerprint density at radius 2 is 2.12 bits per heavy atom. The number of methoxy groups -OCH3 is 1. The number of likely N-dealkylation sites (tertiary alicyclic amines) is 1. The molecule has 0 radical (unpaired) electrons. The lowest BCUT2D eigenvalue weighted by Crippen LogP contribution is -2.46. The van der Waals surface area contributed by atoms with Crippen LogP contribution >= 0.6 is 11.0 Å². The first kappa shape index (κ1) is 22.3. The summed E-state index contributed by atoms with van der Waals surface area (Å²) >= 11 is 0. The van der Waals surface area contributed by atoms with Gasteiger partial charge in [-0.2, -0.15) is 0 Å². The summed E-state index contributed by atoms with van der Waals surface area (Å²) in [5, 5.41) is 3.70. The van der Waals surface area contributed by atoms with Crippen LogP contribution in [-0.2, 0) is 4.74 Å². The fourth-order valence-corrected chi connectivity index (χ4v) is 5.96. The van der Waals surface area contributed by atoms with Crippen molar-refractivity contribution in [2.75, 3.05) is 42.4 Å². The molecule has 180 valence electrons. The Labute approximate surface area is 190 Å². The molecule has 13 heteroatoms. The lowest BCUT2D eigenvalue weighted by atomic mass is 9.90. The third-order valence-corrected chi connectivity index (χ3v) is 8.48. The average molecular weight is 486 g/mol. The zero-order valence-corrected chi connectivity index (χ0v) is 18.9. The second kappa shape index (κ2) is 7.79. The van der Waals surface area contributed by atoms with Gasteiger partial charge >= 0.3 is 0 Å². The van der Waals surface area contributed by atoms with Crippen molar-refractivity contribution in [1.82, 2.24) is 15.0 Å². The SMILES string of the molecule is COC1CN(C(=O)c2ccon2)CCC1c1ccc2c(n1)N(C)S(O)(O)N2CC1CC1(F)F. The van der Waals surface area contributed by atoms with Crippen molar-refractivity contribution >= 4 is 28.4 Å². The molecule has 2 aromatic heterocycles. The molecule has 1 amide bonds. The van der Waals surface area contributed by atoms with Crippen LogP contribution in [0, 0.1) is 5.92 Å². The fourth-order valence-electron chi connectivity index (χ4n) is 4.51. The molecule has 1 saturated heterocycles. The summed E-state index contributed by atoms with van der Waals surface area (Å²) in [5.41, 5.74) is 1.32. The molecule has 4 heterocycles. The molecule has 2 aromatic rings. The van der Waals surface area contributed by atoms with Crippen LogP contribution in [0.1, 0.15) is 34.9 Å². The van der Waals surface area contributed by atoms with Gasteiger partial charge in [-0.25, -0.2) is 22.4 Å². The molecule has 3 aliphatic rings. The number of nitrogens with zero attached hydrogens (tertiary/aromatic N) is 5. The van der Waals surface area contributed by atoms with E-state index in [9.17, 15) is 22.7 Å². The summed E-state index contributed by atoms with van der Waals surface area (Å²) in [5.74, 6) is -3.74. The molecule has 2 N–H and O–H groups in total. The molecule has 5 rings (SSSR count). The van der Waals surface area contributed by atoms with Crippen LogP contribution in [0.4, 0.5) is 20.3 Å². The molecule has 3 unspecified atom stereocenters. The van der Waals surface area contributed by atoms with Gasteiger partial charge in [0.25, 0.3) is 11.8 Å². The number of piperidine rings is 1. The van der Waals surface area contributed by atoms with Crippen LogP contribution in [0.2, 0.25) is 0 Å². The second-order valence-corrected chi connectivity index (χ2v) is 10.6. The van der Waals surface area contributed by atoms with E-state index in [1.165, 1.54) is 28.0 Å². The van der Waals surface area contributed by atoms with Crippen LogP contribution < -0.4 is 8.61 Å². The normalized spacial score (nSPS) is 28.5. The van der Waals surface area contributed by atoms with Crippen molar-refractivity contribution in [2.45, 2.75) is 30.8 Å². The van der Waals surface area contributed by atoms with Crippen molar-refractivity contribution in [2.24, 2.45) is 5.92 Å². The van der Waals surface area contributed by atoms with E-state index < -0.39 is 22.8 Å². The highest BCUT2D eigenvalue weighted by Crippen LogP contribution is 2.62. The molecule has 0 bridgehead atoms. The van der Waals surface area contributed by atoms with E-state index in [1.54, 1.807) is 24.1 Å². The van der Waals surface area contributed by atoms with Gasteiger partial charge in [-0.15, -0.1) is 0 Å². The fraction of sp³-hybridized carbons (Fsp3) is 0.550. The van der Waals surface area contributed by atoms with Crippen LogP contribution in [-0.4, -0.2) is 75.9 Å². The Kier molecular flexibility index (Phi) is 5.27. The molecule has 2 fully saturated rings. The van der Waals surface area contributed by atoms with Crippen LogP contribution in [0.15, 0.2) is 29.0 Å². The maximum atomic E-state index is 13.5. The predicted molar refractivity (Wildman–Crippen MR) is 116 cm³/mol. The number of anilines is 2. The Bertz CT molecular complexity index is 1060. The van der Waals surface area contributed by atoms with Crippen molar-refractivity contribution in [3.05, 3.63) is 35.9 Å². The predicted octanol–water partition coefficient (Wildman–Crippen LogP) is 3.21. The number of ether oxygens (including phenoxy) is 1. The smallest absolute Gasteiger partial charge is 0.276 e. The number of fused-ring (bicyclic) bond motifs is 1. The van der Waals surface area contributed by atoms with Crippen LogP contribution in [0.5, 0.6) is 0 Å². The molecular weight excluding hydrogens is 460 g/mol. The van der Waals surface area contributed by atoms with Crippen LogP contribution in [0.3, 0.4) is 0 Å². The Hall–Kier alpha value is -2.48. The molecule has 0 spiro atoms. The van der Waals surface area contributed by atoms with Gasteiger partial charge in [0.05, 0.1) is 6.10 Å². The summed E-state index contributed by atoms with van der Waals surface area (Å²) in [6.07, 6.45) is 1.32. The van der Waals surface area contributed by atoms with Crippen LogP contribution in [0.25, 0.3) is 0 Å². The molecule has 33 heavy (non-hydrogen) atoms. The summed E-state index contributed by atoms with van der Waals surface area (Å²) in [6, 6.07) is 4.96. The van der Waals surface area contributed by atoms with E-state index in [0.717, 1.165) is 0 Å². The number of pyridine rings is 1. The molecule has 1 saturated carbocycles.